The summed E-state index contributed by atoms with van der Waals surface area (Å²) in [5.41, 5.74) is 2.42. The summed E-state index contributed by atoms with van der Waals surface area (Å²) in [6.45, 7) is 5.08. The van der Waals surface area contributed by atoms with E-state index in [2.05, 4.69) is 26.7 Å². The maximum atomic E-state index is 12.2. The molecule has 3 rings (SSSR count). The fraction of sp³-hybridized carbons (Fsp3) is 0.412. The fourth-order valence-electron chi connectivity index (χ4n) is 2.56. The predicted octanol–water partition coefficient (Wildman–Crippen LogP) is 3.08. The van der Waals surface area contributed by atoms with Gasteiger partial charge in [0.1, 0.15) is 12.0 Å². The number of rotatable bonds is 7. The van der Waals surface area contributed by atoms with Crippen molar-refractivity contribution in [3.63, 3.8) is 0 Å². The molecule has 0 saturated heterocycles. The van der Waals surface area contributed by atoms with Crippen LogP contribution in [0.5, 0.6) is 0 Å². The smallest absolute Gasteiger partial charge is 0.258 e. The van der Waals surface area contributed by atoms with Crippen LogP contribution < -0.4 is 5.56 Å². The van der Waals surface area contributed by atoms with Gasteiger partial charge in [0.25, 0.3) is 5.56 Å². The van der Waals surface area contributed by atoms with Gasteiger partial charge in [-0.2, -0.15) is 0 Å². The summed E-state index contributed by atoms with van der Waals surface area (Å²) in [5, 5.41) is 9.05. The Balaban J connectivity index is 1.76. The van der Waals surface area contributed by atoms with Crippen LogP contribution in [0.1, 0.15) is 37.4 Å². The van der Waals surface area contributed by atoms with Gasteiger partial charge in [-0.25, -0.2) is 4.98 Å². The minimum Gasteiger partial charge on any atom is -0.309 e. The number of aryl methyl sites for hydroxylation is 2. The predicted molar refractivity (Wildman–Crippen MR) is 95.3 cm³/mol. The van der Waals surface area contributed by atoms with E-state index >= 15 is 0 Å². The first-order chi connectivity index (χ1) is 11.7. The molecule has 0 aliphatic heterocycles. The Morgan fingerprint density at radius 2 is 2.17 bits per heavy atom. The highest BCUT2D eigenvalue weighted by Gasteiger charge is 2.08. The van der Waals surface area contributed by atoms with Gasteiger partial charge in [-0.05, 0) is 25.0 Å². The first-order valence-corrected chi connectivity index (χ1v) is 9.16. The second-order valence-electron chi connectivity index (χ2n) is 5.77. The quantitative estimate of drug-likeness (QED) is 0.487. The van der Waals surface area contributed by atoms with Crippen molar-refractivity contribution in [1.29, 1.82) is 0 Å². The van der Waals surface area contributed by atoms with Gasteiger partial charge >= 0.3 is 0 Å². The standard InChI is InChI=1S/C17H21N5OS/c1-3-4-5-8-21-12-18-20-17(21)24-11-14-10-15(23)22-9-6-7-13(2)16(22)19-14/h6-7,9-10,12H,3-5,8,11H2,1-2H3. The number of hydrogen-bond acceptors (Lipinski definition) is 5. The van der Waals surface area contributed by atoms with Crippen LogP contribution in [0.2, 0.25) is 0 Å². The summed E-state index contributed by atoms with van der Waals surface area (Å²) in [6.07, 6.45) is 7.03. The van der Waals surface area contributed by atoms with Crippen LogP contribution in [-0.2, 0) is 12.3 Å². The fourth-order valence-corrected chi connectivity index (χ4v) is 3.40. The molecule has 7 heteroatoms. The van der Waals surface area contributed by atoms with Crippen LogP contribution in [0, 0.1) is 6.92 Å². The lowest BCUT2D eigenvalue weighted by Gasteiger charge is -2.07. The van der Waals surface area contributed by atoms with Crippen LogP contribution >= 0.6 is 11.8 Å². The Bertz CT molecular complexity index is 886. The van der Waals surface area contributed by atoms with E-state index in [1.807, 2.05) is 19.1 Å². The summed E-state index contributed by atoms with van der Waals surface area (Å²) in [6, 6.07) is 5.42. The zero-order chi connectivity index (χ0) is 16.9. The van der Waals surface area contributed by atoms with Gasteiger partial charge in [0.05, 0.1) is 5.69 Å². The van der Waals surface area contributed by atoms with Crippen molar-refractivity contribution in [3.05, 3.63) is 52.3 Å². The summed E-state index contributed by atoms with van der Waals surface area (Å²) in [4.78, 5) is 16.9. The van der Waals surface area contributed by atoms with E-state index in [-0.39, 0.29) is 5.56 Å². The zero-order valence-corrected chi connectivity index (χ0v) is 14.8. The third-order valence-corrected chi connectivity index (χ3v) is 4.89. The molecule has 0 bridgehead atoms. The van der Waals surface area contributed by atoms with Crippen LogP contribution in [-0.4, -0.2) is 24.1 Å². The minimum absolute atomic E-state index is 0.0521. The van der Waals surface area contributed by atoms with Gasteiger partial charge in [0.15, 0.2) is 5.16 Å². The SMILES string of the molecule is CCCCCn1cnnc1SCc1cc(=O)n2cccc(C)c2n1. The van der Waals surface area contributed by atoms with Gasteiger partial charge < -0.3 is 4.57 Å². The maximum absolute atomic E-state index is 12.2. The molecule has 0 amide bonds. The number of nitrogens with zero attached hydrogens (tertiary/aromatic N) is 5. The molecule has 0 aliphatic rings. The second kappa shape index (κ2) is 7.61. The lowest BCUT2D eigenvalue weighted by atomic mass is 10.2. The van der Waals surface area contributed by atoms with Crippen molar-refractivity contribution in [2.75, 3.05) is 0 Å². The Morgan fingerprint density at radius 3 is 3.00 bits per heavy atom. The monoisotopic (exact) mass is 343 g/mol. The third-order valence-electron chi connectivity index (χ3n) is 3.87. The molecule has 0 radical (unpaired) electrons. The highest BCUT2D eigenvalue weighted by molar-refractivity contribution is 7.98. The van der Waals surface area contributed by atoms with E-state index < -0.39 is 0 Å². The second-order valence-corrected chi connectivity index (χ2v) is 6.72. The van der Waals surface area contributed by atoms with E-state index in [9.17, 15) is 4.79 Å². The average molecular weight is 343 g/mol. The Labute approximate surface area is 145 Å². The van der Waals surface area contributed by atoms with Gasteiger partial charge in [-0.1, -0.05) is 37.6 Å². The molecule has 0 aromatic carbocycles. The van der Waals surface area contributed by atoms with Crippen molar-refractivity contribution < 1.29 is 0 Å². The van der Waals surface area contributed by atoms with Crippen molar-refractivity contribution in [2.45, 2.75) is 50.6 Å². The Hall–Kier alpha value is -2.15. The summed E-state index contributed by atoms with van der Waals surface area (Å²) in [5.74, 6) is 0.604. The van der Waals surface area contributed by atoms with E-state index in [1.54, 1.807) is 34.8 Å². The molecule has 24 heavy (non-hydrogen) atoms. The van der Waals surface area contributed by atoms with Gasteiger partial charge in [-0.15, -0.1) is 10.2 Å². The number of fused-ring (bicyclic) bond motifs is 1. The maximum Gasteiger partial charge on any atom is 0.258 e. The molecule has 3 aromatic heterocycles. The van der Waals surface area contributed by atoms with Gasteiger partial charge in [0, 0.05) is 24.6 Å². The van der Waals surface area contributed by atoms with E-state index in [0.717, 1.165) is 29.4 Å². The number of unbranched alkanes of at least 4 members (excludes halogenated alkanes) is 2. The van der Waals surface area contributed by atoms with Gasteiger partial charge in [-0.3, -0.25) is 9.20 Å². The molecule has 0 N–H and O–H groups in total. The molecule has 0 aliphatic carbocycles. The summed E-state index contributed by atoms with van der Waals surface area (Å²) in [7, 11) is 0. The average Bonchev–Trinajstić information content (AvgIpc) is 3.02. The Morgan fingerprint density at radius 1 is 1.29 bits per heavy atom. The first kappa shape index (κ1) is 16.7. The summed E-state index contributed by atoms with van der Waals surface area (Å²) >= 11 is 1.57. The zero-order valence-electron chi connectivity index (χ0n) is 14.0. The summed E-state index contributed by atoms with van der Waals surface area (Å²) < 4.78 is 3.65. The van der Waals surface area contributed by atoms with E-state index in [4.69, 9.17) is 0 Å². The molecular weight excluding hydrogens is 322 g/mol. The van der Waals surface area contributed by atoms with Crippen molar-refractivity contribution in [3.8, 4) is 0 Å². The highest BCUT2D eigenvalue weighted by Crippen LogP contribution is 2.20. The molecule has 126 valence electrons. The number of thioether (sulfide) groups is 1. The molecule has 0 spiro atoms. The molecule has 3 heterocycles. The van der Waals surface area contributed by atoms with Crippen LogP contribution in [0.15, 0.2) is 40.7 Å². The molecule has 0 unspecified atom stereocenters. The lowest BCUT2D eigenvalue weighted by Crippen LogP contribution is -2.15. The van der Waals surface area contributed by atoms with Crippen LogP contribution in [0.3, 0.4) is 0 Å². The molecular formula is C17H21N5OS. The number of aromatic nitrogens is 5. The highest BCUT2D eigenvalue weighted by atomic mass is 32.2. The molecule has 0 saturated carbocycles. The molecule has 0 atom stereocenters. The number of hydrogen-bond donors (Lipinski definition) is 0. The van der Waals surface area contributed by atoms with Gasteiger partial charge in [0.2, 0.25) is 0 Å². The molecule has 6 nitrogen and oxygen atoms in total. The first-order valence-electron chi connectivity index (χ1n) is 8.17. The lowest BCUT2D eigenvalue weighted by molar-refractivity contribution is 0.566. The van der Waals surface area contributed by atoms with Crippen molar-refractivity contribution in [1.82, 2.24) is 24.1 Å². The number of pyridine rings is 1. The van der Waals surface area contributed by atoms with Crippen molar-refractivity contribution in [2.24, 2.45) is 0 Å². The van der Waals surface area contributed by atoms with Crippen LogP contribution in [0.25, 0.3) is 5.65 Å². The molecule has 3 aromatic rings. The Kier molecular flexibility index (Phi) is 5.30. The third kappa shape index (κ3) is 3.67. The van der Waals surface area contributed by atoms with Crippen molar-refractivity contribution >= 4 is 17.4 Å². The largest absolute Gasteiger partial charge is 0.309 e. The van der Waals surface area contributed by atoms with E-state index in [0.29, 0.717) is 11.4 Å². The van der Waals surface area contributed by atoms with Crippen LogP contribution in [0.4, 0.5) is 0 Å². The normalized spacial score (nSPS) is 11.2. The molecule has 0 fully saturated rings. The van der Waals surface area contributed by atoms with E-state index in [1.165, 1.54) is 12.8 Å². The topological polar surface area (TPSA) is 65.1 Å². The minimum atomic E-state index is -0.0521.